The molecule has 0 radical (unpaired) electrons. The molecule has 2 rings (SSSR count). The van der Waals surface area contributed by atoms with Crippen LogP contribution in [0.25, 0.3) is 0 Å². The number of anilines is 1. The van der Waals surface area contributed by atoms with Crippen molar-refractivity contribution in [3.05, 3.63) is 34.1 Å². The molecule has 1 fully saturated rings. The average Bonchev–Trinajstić information content (AvgIpc) is 2.48. The zero-order valence-corrected chi connectivity index (χ0v) is 12.7. The van der Waals surface area contributed by atoms with Gasteiger partial charge in [-0.05, 0) is 25.3 Å². The number of rotatable bonds is 5. The molecule has 116 valence electrons. The molecule has 0 spiro atoms. The summed E-state index contributed by atoms with van der Waals surface area (Å²) in [5, 5.41) is 13.8. The molecule has 1 aliphatic rings. The van der Waals surface area contributed by atoms with E-state index in [4.69, 9.17) is 0 Å². The number of nitro groups is 1. The maximum absolute atomic E-state index is 13.9. The van der Waals surface area contributed by atoms with E-state index in [2.05, 4.69) is 5.32 Å². The van der Waals surface area contributed by atoms with Crippen molar-refractivity contribution in [2.75, 3.05) is 11.1 Å². The van der Waals surface area contributed by atoms with Crippen LogP contribution in [0.1, 0.15) is 32.6 Å². The van der Waals surface area contributed by atoms with E-state index in [1.54, 1.807) is 0 Å². The van der Waals surface area contributed by atoms with Crippen molar-refractivity contribution >= 4 is 22.2 Å². The number of benzene rings is 1. The topological polar surface area (TPSA) is 72.2 Å². The zero-order valence-electron chi connectivity index (χ0n) is 11.9. The van der Waals surface area contributed by atoms with Gasteiger partial charge in [-0.3, -0.25) is 14.3 Å². The van der Waals surface area contributed by atoms with Crippen LogP contribution in [0, 0.1) is 15.9 Å². The van der Waals surface area contributed by atoms with Crippen molar-refractivity contribution in [3.8, 4) is 0 Å². The Bertz CT molecular complexity index is 553. The Hall–Kier alpha value is -1.50. The van der Waals surface area contributed by atoms with E-state index in [0.29, 0.717) is 5.75 Å². The molecule has 3 atom stereocenters. The number of halogens is 1. The molecule has 0 saturated heterocycles. The maximum atomic E-state index is 13.9. The summed E-state index contributed by atoms with van der Waals surface area (Å²) in [7, 11) is -0.830. The summed E-state index contributed by atoms with van der Waals surface area (Å²) < 4.78 is 25.7. The molecular weight excluding hydrogens is 295 g/mol. The molecule has 1 N–H and O–H groups in total. The van der Waals surface area contributed by atoms with Gasteiger partial charge in [-0.1, -0.05) is 13.3 Å². The second-order valence-corrected chi connectivity index (χ2v) is 7.23. The zero-order chi connectivity index (χ0) is 15.4. The van der Waals surface area contributed by atoms with Crippen LogP contribution >= 0.6 is 0 Å². The number of nitrogens with zero attached hydrogens (tertiary/aromatic N) is 1. The van der Waals surface area contributed by atoms with E-state index < -0.39 is 21.5 Å². The Morgan fingerprint density at radius 3 is 2.86 bits per heavy atom. The van der Waals surface area contributed by atoms with E-state index >= 15 is 0 Å². The van der Waals surface area contributed by atoms with Gasteiger partial charge in [0.05, 0.1) is 16.7 Å². The molecule has 0 aliphatic heterocycles. The second-order valence-electron chi connectivity index (χ2n) is 5.22. The number of non-ortho nitro benzene ring substituents is 1. The van der Waals surface area contributed by atoms with Crippen LogP contribution in [0.5, 0.6) is 0 Å². The second kappa shape index (κ2) is 6.98. The van der Waals surface area contributed by atoms with Crippen LogP contribution in [0.15, 0.2) is 18.2 Å². The summed E-state index contributed by atoms with van der Waals surface area (Å²) in [5.74, 6) is 0.0199. The lowest BCUT2D eigenvalue weighted by molar-refractivity contribution is -0.385. The quantitative estimate of drug-likeness (QED) is 0.669. The lowest BCUT2D eigenvalue weighted by Crippen LogP contribution is -2.33. The summed E-state index contributed by atoms with van der Waals surface area (Å²) in [6, 6.07) is 3.67. The van der Waals surface area contributed by atoms with Crippen LogP contribution in [0.4, 0.5) is 15.8 Å². The Labute approximate surface area is 125 Å². The first-order valence-corrected chi connectivity index (χ1v) is 8.47. The van der Waals surface area contributed by atoms with E-state index in [-0.39, 0.29) is 22.7 Å². The maximum Gasteiger partial charge on any atom is 0.272 e. The van der Waals surface area contributed by atoms with E-state index in [1.165, 1.54) is 12.1 Å². The van der Waals surface area contributed by atoms with Crippen LogP contribution < -0.4 is 5.32 Å². The highest BCUT2D eigenvalue weighted by atomic mass is 32.2. The predicted molar refractivity (Wildman–Crippen MR) is 81.4 cm³/mol. The standard InChI is InChI=1S/C14H19FN2O3S/c1-2-21(20)12-5-3-4-10(8-12)16-14-7-6-11(17(18)19)9-13(14)15/h6-7,9-10,12,16H,2-5,8H2,1H3/t10-,12-,21+/m1/s1. The molecule has 1 aromatic rings. The van der Waals surface area contributed by atoms with Crippen molar-refractivity contribution in [1.82, 2.24) is 0 Å². The molecule has 5 nitrogen and oxygen atoms in total. The van der Waals surface area contributed by atoms with E-state index in [1.807, 2.05) is 6.92 Å². The first kappa shape index (κ1) is 15.9. The predicted octanol–water partition coefficient (Wildman–Crippen LogP) is 3.23. The highest BCUT2D eigenvalue weighted by Gasteiger charge is 2.26. The van der Waals surface area contributed by atoms with E-state index in [0.717, 1.165) is 31.7 Å². The minimum atomic E-state index is -0.830. The van der Waals surface area contributed by atoms with Gasteiger partial charge in [-0.25, -0.2) is 4.39 Å². The Kier molecular flexibility index (Phi) is 5.27. The van der Waals surface area contributed by atoms with Crippen LogP contribution in [0.2, 0.25) is 0 Å². The third-order valence-corrected chi connectivity index (χ3v) is 5.55. The highest BCUT2D eigenvalue weighted by Crippen LogP contribution is 2.27. The summed E-state index contributed by atoms with van der Waals surface area (Å²) >= 11 is 0. The summed E-state index contributed by atoms with van der Waals surface area (Å²) in [5.41, 5.74) is 0.0141. The molecule has 1 saturated carbocycles. The first-order valence-electron chi connectivity index (χ1n) is 7.09. The monoisotopic (exact) mass is 314 g/mol. The van der Waals surface area contributed by atoms with Gasteiger partial charge in [-0.15, -0.1) is 0 Å². The van der Waals surface area contributed by atoms with Crippen molar-refractivity contribution < 1.29 is 13.5 Å². The third kappa shape index (κ3) is 4.00. The molecule has 0 unspecified atom stereocenters. The van der Waals surface area contributed by atoms with Gasteiger partial charge in [0, 0.05) is 33.9 Å². The highest BCUT2D eigenvalue weighted by molar-refractivity contribution is 7.85. The van der Waals surface area contributed by atoms with Gasteiger partial charge in [0.25, 0.3) is 5.69 Å². The van der Waals surface area contributed by atoms with Crippen LogP contribution in [-0.4, -0.2) is 26.2 Å². The molecule has 0 aromatic heterocycles. The van der Waals surface area contributed by atoms with Gasteiger partial charge in [0.15, 0.2) is 5.82 Å². The molecule has 1 aliphatic carbocycles. The minimum Gasteiger partial charge on any atom is -0.380 e. The number of hydrogen-bond acceptors (Lipinski definition) is 4. The molecule has 21 heavy (non-hydrogen) atoms. The van der Waals surface area contributed by atoms with Crippen LogP contribution in [-0.2, 0) is 10.8 Å². The van der Waals surface area contributed by atoms with Gasteiger partial charge in [0.2, 0.25) is 0 Å². The largest absolute Gasteiger partial charge is 0.380 e. The summed E-state index contributed by atoms with van der Waals surface area (Å²) in [6.45, 7) is 1.91. The summed E-state index contributed by atoms with van der Waals surface area (Å²) in [6.07, 6.45) is 3.55. The number of hydrogen-bond donors (Lipinski definition) is 1. The van der Waals surface area contributed by atoms with Crippen LogP contribution in [0.3, 0.4) is 0 Å². The van der Waals surface area contributed by atoms with E-state index in [9.17, 15) is 18.7 Å². The fourth-order valence-corrected chi connectivity index (χ4v) is 4.05. The lowest BCUT2D eigenvalue weighted by atomic mass is 9.94. The normalized spacial score (nSPS) is 23.5. The van der Waals surface area contributed by atoms with Gasteiger partial charge in [-0.2, -0.15) is 0 Å². The number of nitrogens with one attached hydrogen (secondary N) is 1. The Morgan fingerprint density at radius 1 is 1.48 bits per heavy atom. The first-order chi connectivity index (χ1) is 10.0. The fraction of sp³-hybridized carbons (Fsp3) is 0.571. The van der Waals surface area contributed by atoms with Gasteiger partial charge >= 0.3 is 0 Å². The van der Waals surface area contributed by atoms with Crippen molar-refractivity contribution in [1.29, 1.82) is 0 Å². The van der Waals surface area contributed by atoms with Crippen molar-refractivity contribution in [2.45, 2.75) is 43.9 Å². The molecule has 0 bridgehead atoms. The average molecular weight is 314 g/mol. The van der Waals surface area contributed by atoms with Crippen molar-refractivity contribution in [2.24, 2.45) is 0 Å². The molecule has 1 aromatic carbocycles. The molecule has 0 heterocycles. The lowest BCUT2D eigenvalue weighted by Gasteiger charge is -2.29. The SMILES string of the molecule is CC[S@](=O)[C@@H]1CCC[C@@H](Nc2ccc([N+](=O)[O-])cc2F)C1. The summed E-state index contributed by atoms with van der Waals surface area (Å²) in [4.78, 5) is 9.97. The van der Waals surface area contributed by atoms with Gasteiger partial charge in [0.1, 0.15) is 0 Å². The van der Waals surface area contributed by atoms with Gasteiger partial charge < -0.3 is 5.32 Å². The molecule has 7 heteroatoms. The van der Waals surface area contributed by atoms with Crippen molar-refractivity contribution in [3.63, 3.8) is 0 Å². The Morgan fingerprint density at radius 2 is 2.24 bits per heavy atom. The number of nitro benzene ring substituents is 1. The Balaban J connectivity index is 2.04. The molecule has 0 amide bonds. The minimum absolute atomic E-state index is 0.0650. The third-order valence-electron chi connectivity index (χ3n) is 3.81. The fourth-order valence-electron chi connectivity index (χ4n) is 2.71. The smallest absolute Gasteiger partial charge is 0.272 e. The molecular formula is C14H19FN2O3S.